The van der Waals surface area contributed by atoms with Crippen LogP contribution in [0, 0.1) is 0 Å². The molecule has 6 nitrogen and oxygen atoms in total. The second kappa shape index (κ2) is 16.0. The maximum atomic E-state index is 8.93. The quantitative estimate of drug-likeness (QED) is 0.537. The van der Waals surface area contributed by atoms with E-state index in [0.717, 1.165) is 0 Å². The standard InChI is InChI=1S/C6H12.C2H2O4.2H2N.Pt/c1-2-4-6-5-3-1;3-1(4)2(5)6;;;/h1-6H2;(H,3,4)(H,5,6);2*1H2;/q;;2*-1;+4/p-2. The van der Waals surface area contributed by atoms with E-state index in [2.05, 4.69) is 0 Å². The largest absolute Gasteiger partial charge is 4.00 e. The maximum Gasteiger partial charge on any atom is 4.00 e. The first-order valence-electron chi connectivity index (χ1n) is 4.07. The molecule has 0 aliphatic heterocycles. The zero-order valence-electron chi connectivity index (χ0n) is 8.35. The van der Waals surface area contributed by atoms with Crippen molar-refractivity contribution in [3.05, 3.63) is 12.3 Å². The van der Waals surface area contributed by atoms with Gasteiger partial charge in [0.15, 0.2) is 0 Å². The van der Waals surface area contributed by atoms with Gasteiger partial charge in [0.1, 0.15) is 0 Å². The van der Waals surface area contributed by atoms with Gasteiger partial charge in [-0.1, -0.05) is 38.5 Å². The Morgan fingerprint density at radius 2 is 0.800 bits per heavy atom. The molecule has 7 heteroatoms. The fourth-order valence-electron chi connectivity index (χ4n) is 1.06. The zero-order chi connectivity index (χ0) is 9.40. The minimum absolute atomic E-state index is 0. The summed E-state index contributed by atoms with van der Waals surface area (Å²) >= 11 is 0. The van der Waals surface area contributed by atoms with Crippen LogP contribution in [-0.2, 0) is 30.7 Å². The van der Waals surface area contributed by atoms with Gasteiger partial charge in [0.25, 0.3) is 0 Å². The van der Waals surface area contributed by atoms with Gasteiger partial charge >= 0.3 is 21.1 Å². The van der Waals surface area contributed by atoms with E-state index in [1.807, 2.05) is 0 Å². The molecule has 0 bridgehead atoms. The number of carboxylic acids is 2. The Bertz CT molecular complexity index is 139. The molecule has 0 aromatic rings. The van der Waals surface area contributed by atoms with Crippen molar-refractivity contribution in [3.8, 4) is 0 Å². The summed E-state index contributed by atoms with van der Waals surface area (Å²) in [6, 6.07) is 0. The van der Waals surface area contributed by atoms with Crippen LogP contribution in [0.1, 0.15) is 38.5 Å². The predicted octanol–water partition coefficient (Wildman–Crippen LogP) is 0.258. The van der Waals surface area contributed by atoms with Crippen molar-refractivity contribution in [1.82, 2.24) is 0 Å². The molecule has 0 aromatic carbocycles. The Hall–Kier alpha value is -0.452. The molecule has 0 radical (unpaired) electrons. The first-order chi connectivity index (χ1) is 5.64. The van der Waals surface area contributed by atoms with E-state index in [4.69, 9.17) is 19.8 Å². The molecular formula is C8H16N2O4Pt. The third-order valence-corrected chi connectivity index (χ3v) is 1.67. The molecule has 1 rings (SSSR count). The Morgan fingerprint density at radius 1 is 0.667 bits per heavy atom. The topological polar surface area (TPSA) is 147 Å². The van der Waals surface area contributed by atoms with Crippen molar-refractivity contribution in [1.29, 1.82) is 0 Å². The van der Waals surface area contributed by atoms with Crippen molar-refractivity contribution in [2.45, 2.75) is 38.5 Å². The number of carboxylic acid groups (broad SMARTS) is 2. The summed E-state index contributed by atoms with van der Waals surface area (Å²) < 4.78 is 0. The molecule has 0 amide bonds. The van der Waals surface area contributed by atoms with Crippen LogP contribution >= 0.6 is 0 Å². The number of carbonyl (C=O) groups is 2. The summed E-state index contributed by atoms with van der Waals surface area (Å²) in [5.41, 5.74) is 0. The van der Waals surface area contributed by atoms with Crippen molar-refractivity contribution < 1.29 is 40.9 Å². The SMILES string of the molecule is C1CCCCC1.O=C([O-])C(=O)[O-].[NH2-].[NH2-].[Pt+4]. The van der Waals surface area contributed by atoms with Gasteiger partial charge < -0.3 is 32.1 Å². The van der Waals surface area contributed by atoms with E-state index in [-0.39, 0.29) is 33.4 Å². The van der Waals surface area contributed by atoms with Crippen molar-refractivity contribution >= 4 is 11.9 Å². The molecular weight excluding hydrogens is 383 g/mol. The smallest absolute Gasteiger partial charge is 0.693 e. The van der Waals surface area contributed by atoms with Gasteiger partial charge in [0, 0.05) is 0 Å². The Balaban J connectivity index is -0.0000000672. The summed E-state index contributed by atoms with van der Waals surface area (Å²) in [6.07, 6.45) is 9.00. The summed E-state index contributed by atoms with van der Waals surface area (Å²) in [6.45, 7) is 0. The van der Waals surface area contributed by atoms with Crippen molar-refractivity contribution in [3.63, 3.8) is 0 Å². The average Bonchev–Trinajstić information content (AvgIpc) is 2.08. The van der Waals surface area contributed by atoms with Crippen molar-refractivity contribution in [2.75, 3.05) is 0 Å². The Kier molecular flexibility index (Phi) is 25.6. The van der Waals surface area contributed by atoms with Crippen LogP contribution in [0.2, 0.25) is 0 Å². The third kappa shape index (κ3) is 19.8. The molecule has 15 heavy (non-hydrogen) atoms. The number of rotatable bonds is 0. The molecule has 4 N–H and O–H groups in total. The molecule has 0 aromatic heterocycles. The fourth-order valence-corrected chi connectivity index (χ4v) is 1.06. The fraction of sp³-hybridized carbons (Fsp3) is 0.750. The van der Waals surface area contributed by atoms with Gasteiger partial charge in [-0.05, 0) is 0 Å². The first-order valence-corrected chi connectivity index (χ1v) is 4.07. The monoisotopic (exact) mass is 399 g/mol. The summed E-state index contributed by atoms with van der Waals surface area (Å²) in [7, 11) is 0. The van der Waals surface area contributed by atoms with Gasteiger partial charge in [-0.2, -0.15) is 0 Å². The van der Waals surface area contributed by atoms with Gasteiger partial charge in [-0.25, -0.2) is 0 Å². The van der Waals surface area contributed by atoms with E-state index in [1.54, 1.807) is 0 Å². The molecule has 1 saturated carbocycles. The van der Waals surface area contributed by atoms with Crippen LogP contribution in [-0.4, -0.2) is 11.9 Å². The number of aliphatic carboxylic acids is 2. The number of carbonyl (C=O) groups excluding carboxylic acids is 2. The third-order valence-electron chi connectivity index (χ3n) is 1.67. The molecule has 1 fully saturated rings. The first kappa shape index (κ1) is 24.0. The second-order valence-corrected chi connectivity index (χ2v) is 2.70. The molecule has 0 unspecified atom stereocenters. The molecule has 1 aliphatic rings. The van der Waals surface area contributed by atoms with Gasteiger partial charge in [-0.15, -0.1) is 0 Å². The van der Waals surface area contributed by atoms with Crippen LogP contribution in [0.25, 0.3) is 12.3 Å². The molecule has 0 spiro atoms. The second-order valence-electron chi connectivity index (χ2n) is 2.70. The van der Waals surface area contributed by atoms with Gasteiger partial charge in [-0.3, -0.25) is 0 Å². The van der Waals surface area contributed by atoms with Crippen LogP contribution in [0.15, 0.2) is 0 Å². The van der Waals surface area contributed by atoms with Gasteiger partial charge in [0.2, 0.25) is 0 Å². The Labute approximate surface area is 104 Å². The van der Waals surface area contributed by atoms with Crippen molar-refractivity contribution in [2.24, 2.45) is 0 Å². The number of nitrogens with two attached hydrogens (primary N) is 2. The molecule has 92 valence electrons. The summed E-state index contributed by atoms with van der Waals surface area (Å²) in [5, 5.41) is 17.9. The van der Waals surface area contributed by atoms with E-state index < -0.39 is 11.9 Å². The van der Waals surface area contributed by atoms with Gasteiger partial charge in [0.05, 0.1) is 11.9 Å². The maximum absolute atomic E-state index is 8.93. The molecule has 0 atom stereocenters. The van der Waals surface area contributed by atoms with E-state index >= 15 is 0 Å². The molecule has 0 saturated heterocycles. The minimum Gasteiger partial charge on any atom is -0.693 e. The molecule has 1 aliphatic carbocycles. The Morgan fingerprint density at radius 3 is 0.867 bits per heavy atom. The van der Waals surface area contributed by atoms with E-state index in [1.165, 1.54) is 38.5 Å². The molecule has 0 heterocycles. The van der Waals surface area contributed by atoms with E-state index in [9.17, 15) is 0 Å². The zero-order valence-corrected chi connectivity index (χ0v) is 10.6. The average molecular weight is 399 g/mol. The van der Waals surface area contributed by atoms with Crippen LogP contribution in [0.4, 0.5) is 0 Å². The van der Waals surface area contributed by atoms with Crippen LogP contribution in [0.5, 0.6) is 0 Å². The van der Waals surface area contributed by atoms with Crippen LogP contribution < -0.4 is 10.2 Å². The summed E-state index contributed by atoms with van der Waals surface area (Å²) in [5.74, 6) is -4.37. The number of hydrogen-bond acceptors (Lipinski definition) is 4. The normalized spacial score (nSPS) is 12.5. The summed E-state index contributed by atoms with van der Waals surface area (Å²) in [4.78, 5) is 17.9. The predicted molar refractivity (Wildman–Crippen MR) is 48.3 cm³/mol. The number of hydrogen-bond donors (Lipinski definition) is 0. The van der Waals surface area contributed by atoms with Crippen LogP contribution in [0.3, 0.4) is 0 Å². The van der Waals surface area contributed by atoms with E-state index in [0.29, 0.717) is 0 Å². The minimum atomic E-state index is -2.19.